The van der Waals surface area contributed by atoms with Gasteiger partial charge < -0.3 is 13.4 Å². The molecule has 0 saturated carbocycles. The Hall–Kier alpha value is -7.23. The number of nitrogens with zero attached hydrogens (tertiary/aromatic N) is 4. The van der Waals surface area contributed by atoms with E-state index in [1.165, 1.54) is 0 Å². The maximum Gasteiger partial charge on any atom is 0.227 e. The highest BCUT2D eigenvalue weighted by molar-refractivity contribution is 6.11. The van der Waals surface area contributed by atoms with Crippen LogP contribution >= 0.6 is 0 Å². The normalized spacial score (nSPS) is 11.5. The molecule has 0 aliphatic heterocycles. The summed E-state index contributed by atoms with van der Waals surface area (Å²) in [5.41, 5.74) is 12.7. The number of nitriles is 1. The van der Waals surface area contributed by atoms with Crippen molar-refractivity contribution in [2.24, 2.45) is 0 Å². The summed E-state index contributed by atoms with van der Waals surface area (Å²) in [5, 5.41) is 11.7. The molecule has 10 aromatic rings. The Morgan fingerprint density at radius 2 is 0.961 bits per heavy atom. The van der Waals surface area contributed by atoms with Gasteiger partial charge in [-0.2, -0.15) is 5.26 Å². The molecule has 0 aliphatic carbocycles. The molecular weight excluding hydrogens is 629 g/mol. The van der Waals surface area contributed by atoms with E-state index in [1.54, 1.807) is 0 Å². The van der Waals surface area contributed by atoms with Gasteiger partial charge in [0, 0.05) is 27.6 Å². The molecule has 6 nitrogen and oxygen atoms in total. The van der Waals surface area contributed by atoms with Crippen LogP contribution in [0.2, 0.25) is 0 Å². The Morgan fingerprint density at radius 3 is 1.47 bits per heavy atom. The molecule has 6 heteroatoms. The van der Waals surface area contributed by atoms with Crippen LogP contribution in [0.1, 0.15) is 5.56 Å². The van der Waals surface area contributed by atoms with Gasteiger partial charge in [-0.3, -0.25) is 0 Å². The van der Waals surface area contributed by atoms with E-state index in [9.17, 15) is 5.26 Å². The summed E-state index contributed by atoms with van der Waals surface area (Å²) in [6.45, 7) is 0. The molecule has 0 N–H and O–H groups in total. The van der Waals surface area contributed by atoms with E-state index in [1.807, 2.05) is 84.9 Å². The molecule has 0 fully saturated rings. The maximum atomic E-state index is 9.70. The van der Waals surface area contributed by atoms with E-state index in [0.717, 1.165) is 83.1 Å². The van der Waals surface area contributed by atoms with Gasteiger partial charge in [-0.25, -0.2) is 9.97 Å². The lowest BCUT2D eigenvalue weighted by molar-refractivity contribution is 0.619. The Balaban J connectivity index is 1.13. The van der Waals surface area contributed by atoms with Crippen molar-refractivity contribution in [3.05, 3.63) is 163 Å². The van der Waals surface area contributed by atoms with Gasteiger partial charge in [0.15, 0.2) is 11.2 Å². The van der Waals surface area contributed by atoms with Crippen LogP contribution in [0.3, 0.4) is 0 Å². The summed E-state index contributed by atoms with van der Waals surface area (Å²) in [7, 11) is 0. The molecule has 0 aliphatic rings. The van der Waals surface area contributed by atoms with Gasteiger partial charge >= 0.3 is 0 Å². The Kier molecular flexibility index (Phi) is 6.45. The lowest BCUT2D eigenvalue weighted by Gasteiger charge is -2.08. The van der Waals surface area contributed by atoms with Gasteiger partial charge in [0.25, 0.3) is 0 Å². The molecule has 10 rings (SSSR count). The first-order valence-electron chi connectivity index (χ1n) is 16.7. The van der Waals surface area contributed by atoms with Gasteiger partial charge in [0.05, 0.1) is 22.7 Å². The number of fused-ring (bicyclic) bond motifs is 5. The third-order valence-electron chi connectivity index (χ3n) is 9.48. The maximum absolute atomic E-state index is 9.70. The molecule has 7 aromatic carbocycles. The molecule has 0 bridgehead atoms. The predicted octanol–water partition coefficient (Wildman–Crippen LogP) is 11.6. The lowest BCUT2D eigenvalue weighted by Crippen LogP contribution is -1.94. The van der Waals surface area contributed by atoms with E-state index in [-0.39, 0.29) is 0 Å². The molecule has 0 radical (unpaired) electrons. The lowest BCUT2D eigenvalue weighted by atomic mass is 10.1. The average Bonchev–Trinajstić information content (AvgIpc) is 3.91. The molecule has 0 unspecified atom stereocenters. The van der Waals surface area contributed by atoms with E-state index in [4.69, 9.17) is 18.8 Å². The van der Waals surface area contributed by atoms with Crippen LogP contribution in [0.5, 0.6) is 0 Å². The summed E-state index contributed by atoms with van der Waals surface area (Å²) in [5.74, 6) is 1.10. The second kappa shape index (κ2) is 11.4. The zero-order valence-electron chi connectivity index (χ0n) is 27.1. The number of rotatable bonds is 5. The number of hydrogen-bond acceptors (Lipinski definition) is 5. The number of aromatic nitrogens is 3. The van der Waals surface area contributed by atoms with Crippen molar-refractivity contribution in [2.75, 3.05) is 0 Å². The van der Waals surface area contributed by atoms with Crippen molar-refractivity contribution >= 4 is 44.0 Å². The van der Waals surface area contributed by atoms with Gasteiger partial charge in [-0.15, -0.1) is 0 Å². The summed E-state index contributed by atoms with van der Waals surface area (Å²) >= 11 is 0. The van der Waals surface area contributed by atoms with Crippen molar-refractivity contribution in [3.8, 4) is 56.9 Å². The van der Waals surface area contributed by atoms with Crippen molar-refractivity contribution in [1.82, 2.24) is 14.5 Å². The van der Waals surface area contributed by atoms with Gasteiger partial charge in [0.1, 0.15) is 11.0 Å². The van der Waals surface area contributed by atoms with Crippen LogP contribution in [0.25, 0.3) is 94.9 Å². The first-order valence-corrected chi connectivity index (χ1v) is 16.7. The van der Waals surface area contributed by atoms with Crippen LogP contribution in [-0.2, 0) is 0 Å². The fourth-order valence-electron chi connectivity index (χ4n) is 7.00. The molecule has 3 aromatic heterocycles. The molecule has 0 spiro atoms. The fraction of sp³-hybridized carbons (Fsp3) is 0. The van der Waals surface area contributed by atoms with Crippen molar-refractivity contribution in [2.45, 2.75) is 0 Å². The largest absolute Gasteiger partial charge is 0.436 e. The van der Waals surface area contributed by atoms with Crippen LogP contribution < -0.4 is 0 Å². The average molecular weight is 655 g/mol. The predicted molar refractivity (Wildman–Crippen MR) is 202 cm³/mol. The van der Waals surface area contributed by atoms with Crippen molar-refractivity contribution in [3.63, 3.8) is 0 Å². The smallest absolute Gasteiger partial charge is 0.227 e. The van der Waals surface area contributed by atoms with Crippen molar-refractivity contribution < 1.29 is 8.83 Å². The zero-order chi connectivity index (χ0) is 33.9. The van der Waals surface area contributed by atoms with Crippen LogP contribution in [0, 0.1) is 11.3 Å². The van der Waals surface area contributed by atoms with E-state index in [2.05, 4.69) is 83.4 Å². The summed E-state index contributed by atoms with van der Waals surface area (Å²) in [6, 6.07) is 55.3. The highest BCUT2D eigenvalue weighted by Gasteiger charge is 2.18. The Labute approximate surface area is 292 Å². The number of hydrogen-bond donors (Lipinski definition) is 0. The number of oxazole rings is 2. The molecule has 0 amide bonds. The fourth-order valence-corrected chi connectivity index (χ4v) is 7.00. The first-order chi connectivity index (χ1) is 25.2. The monoisotopic (exact) mass is 654 g/mol. The number of benzene rings is 7. The van der Waals surface area contributed by atoms with Crippen molar-refractivity contribution in [1.29, 1.82) is 5.26 Å². The standard InChI is InChI=1S/C45H26N4O2/c46-27-28-8-7-13-35(22-28)49-40-18-14-33(44-47-38-25-31(16-20-42(38)50-44)29-9-3-1-4-10-29)23-36(40)37-24-34(15-19-41(37)49)45-48-39-26-32(17-21-43(39)51-45)30-11-5-2-6-12-30/h1-26H. The highest BCUT2D eigenvalue weighted by atomic mass is 16.4. The van der Waals surface area contributed by atoms with Crippen LogP contribution in [-0.4, -0.2) is 14.5 Å². The molecule has 0 saturated heterocycles. The summed E-state index contributed by atoms with van der Waals surface area (Å²) in [4.78, 5) is 9.86. The van der Waals surface area contributed by atoms with E-state index >= 15 is 0 Å². The zero-order valence-corrected chi connectivity index (χ0v) is 27.1. The van der Waals surface area contributed by atoms with E-state index < -0.39 is 0 Å². The molecule has 3 heterocycles. The summed E-state index contributed by atoms with van der Waals surface area (Å²) in [6.07, 6.45) is 0. The highest BCUT2D eigenvalue weighted by Crippen LogP contribution is 2.38. The quantitative estimate of drug-likeness (QED) is 0.184. The minimum absolute atomic E-state index is 0.550. The SMILES string of the molecule is N#Cc1cccc(-n2c3ccc(-c4nc5cc(-c6ccccc6)ccc5o4)cc3c3cc(-c4nc5cc(-c6ccccc6)ccc5o4)ccc32)c1. The molecular formula is C45H26N4O2. The van der Waals surface area contributed by atoms with Gasteiger partial charge in [-0.1, -0.05) is 78.9 Å². The Bertz CT molecular complexity index is 2810. The third kappa shape index (κ3) is 4.87. The topological polar surface area (TPSA) is 80.8 Å². The summed E-state index contributed by atoms with van der Waals surface area (Å²) < 4.78 is 14.8. The second-order valence-electron chi connectivity index (χ2n) is 12.6. The van der Waals surface area contributed by atoms with Gasteiger partial charge in [0.2, 0.25) is 11.8 Å². The minimum Gasteiger partial charge on any atom is -0.436 e. The minimum atomic E-state index is 0.550. The second-order valence-corrected chi connectivity index (χ2v) is 12.6. The van der Waals surface area contributed by atoms with Gasteiger partial charge in [-0.05, 0) is 101 Å². The van der Waals surface area contributed by atoms with Crippen LogP contribution in [0.4, 0.5) is 0 Å². The molecule has 238 valence electrons. The first kappa shape index (κ1) is 28.8. The molecule has 51 heavy (non-hydrogen) atoms. The van der Waals surface area contributed by atoms with Crippen LogP contribution in [0.15, 0.2) is 167 Å². The van der Waals surface area contributed by atoms with E-state index in [0.29, 0.717) is 17.3 Å². The molecule has 0 atom stereocenters. The third-order valence-corrected chi connectivity index (χ3v) is 9.48. The Morgan fingerprint density at radius 1 is 0.451 bits per heavy atom.